The SMILES string of the molecule is CCNC(=O)C(=O)[C@]1(NC(=O)[C@@H]2[C@@H]3[C@H](CN2C(=O)[C@@H](NC(=O)NC2([C@H](C)S(=O)(=O)C(C)(C)C)CCCCC2)C2(C)CCCCC2)C3(C)C)C[C@H]1CC. The summed E-state index contributed by atoms with van der Waals surface area (Å²) in [4.78, 5) is 71.3. The molecule has 7 atom stereocenters. The summed E-state index contributed by atoms with van der Waals surface area (Å²) >= 11 is 0. The standard InChI is InChI=1S/C39H65N5O7S/c1-10-25-22-39(25,30(45)32(47)40-11-2)42-31(46)28-27-26(36(27,7)8)23-44(28)33(48)29(37(9)18-14-12-15-19-37)41-34(49)43-38(20-16-13-17-21-38)24(3)52(50,51)35(4,5)6/h24-29H,10-23H2,1-9H3,(H,40,47)(H,42,46)(H2,41,43,49)/t24-,25+,26-,27-,28-,29+,39-/m0/s1. The number of urea groups is 1. The Labute approximate surface area is 311 Å². The number of piperidine rings is 1. The Kier molecular flexibility index (Phi) is 11.0. The topological polar surface area (TPSA) is 171 Å². The second-order valence-corrected chi connectivity index (χ2v) is 21.6. The normalized spacial score (nSPS) is 31.3. The van der Waals surface area contributed by atoms with E-state index in [0.29, 0.717) is 38.8 Å². The highest BCUT2D eigenvalue weighted by atomic mass is 32.2. The van der Waals surface area contributed by atoms with Crippen molar-refractivity contribution in [3.63, 3.8) is 0 Å². The molecule has 1 heterocycles. The number of carbonyl (C=O) groups is 5. The van der Waals surface area contributed by atoms with Crippen molar-refractivity contribution in [2.24, 2.45) is 28.6 Å². The molecule has 4 N–H and O–H groups in total. The average molecular weight is 748 g/mol. The van der Waals surface area contributed by atoms with Crippen molar-refractivity contribution in [1.82, 2.24) is 26.2 Å². The minimum absolute atomic E-state index is 0.0750. The maximum Gasteiger partial charge on any atom is 0.315 e. The van der Waals surface area contributed by atoms with E-state index in [9.17, 15) is 32.4 Å². The van der Waals surface area contributed by atoms with Crippen LogP contribution in [-0.4, -0.2) is 89.1 Å². The average Bonchev–Trinajstić information content (AvgIpc) is 3.84. The zero-order valence-electron chi connectivity index (χ0n) is 33.1. The van der Waals surface area contributed by atoms with Crippen LogP contribution >= 0.6 is 0 Å². The maximum atomic E-state index is 15.0. The number of sulfone groups is 1. The van der Waals surface area contributed by atoms with Gasteiger partial charge < -0.3 is 26.2 Å². The van der Waals surface area contributed by atoms with Crippen molar-refractivity contribution in [1.29, 1.82) is 0 Å². The van der Waals surface area contributed by atoms with E-state index >= 15 is 0 Å². The molecule has 1 saturated heterocycles. The minimum Gasteiger partial charge on any atom is -0.350 e. The summed E-state index contributed by atoms with van der Waals surface area (Å²) in [5.74, 6) is -2.36. The number of hydrogen-bond acceptors (Lipinski definition) is 7. The van der Waals surface area contributed by atoms with Gasteiger partial charge in [0.25, 0.3) is 5.91 Å². The van der Waals surface area contributed by atoms with E-state index in [2.05, 4.69) is 35.1 Å². The lowest BCUT2D eigenvalue weighted by atomic mass is 9.70. The van der Waals surface area contributed by atoms with Crippen LogP contribution in [0.15, 0.2) is 0 Å². The molecule has 1 aliphatic heterocycles. The summed E-state index contributed by atoms with van der Waals surface area (Å²) < 4.78 is 26.5. The maximum absolute atomic E-state index is 15.0. The van der Waals surface area contributed by atoms with Crippen LogP contribution in [0, 0.1) is 28.6 Å². The molecule has 0 aromatic rings. The van der Waals surface area contributed by atoms with Crippen LogP contribution in [0.2, 0.25) is 0 Å². The molecule has 0 aromatic heterocycles. The Morgan fingerprint density at radius 3 is 1.96 bits per heavy atom. The molecule has 52 heavy (non-hydrogen) atoms. The fraction of sp³-hybridized carbons (Fsp3) is 0.872. The Hall–Kier alpha value is -2.70. The van der Waals surface area contributed by atoms with Gasteiger partial charge in [0.1, 0.15) is 17.6 Å². The number of likely N-dealkylation sites (N-methyl/N-ethyl adjacent to an activating group) is 1. The molecule has 0 spiro atoms. The predicted molar refractivity (Wildman–Crippen MR) is 200 cm³/mol. The van der Waals surface area contributed by atoms with Crippen LogP contribution in [0.3, 0.4) is 0 Å². The molecule has 5 amide bonds. The number of hydrogen-bond donors (Lipinski definition) is 4. The Morgan fingerprint density at radius 2 is 1.44 bits per heavy atom. The van der Waals surface area contributed by atoms with Gasteiger partial charge in [0.2, 0.25) is 17.6 Å². The zero-order chi connectivity index (χ0) is 38.7. The number of rotatable bonds is 12. The van der Waals surface area contributed by atoms with Gasteiger partial charge in [-0.1, -0.05) is 72.6 Å². The van der Waals surface area contributed by atoms with Gasteiger partial charge in [0.05, 0.1) is 15.5 Å². The number of amides is 5. The van der Waals surface area contributed by atoms with E-state index in [1.807, 2.05) is 13.8 Å². The molecule has 12 nitrogen and oxygen atoms in total. The quantitative estimate of drug-likeness (QED) is 0.215. The highest BCUT2D eigenvalue weighted by Gasteiger charge is 2.71. The third-order valence-electron chi connectivity index (χ3n) is 14.1. The monoisotopic (exact) mass is 747 g/mol. The summed E-state index contributed by atoms with van der Waals surface area (Å²) in [6.07, 6.45) is 8.84. The molecule has 0 unspecified atom stereocenters. The summed E-state index contributed by atoms with van der Waals surface area (Å²) in [5, 5.41) is 11.0. The fourth-order valence-electron chi connectivity index (χ4n) is 10.2. The Morgan fingerprint density at radius 1 is 0.865 bits per heavy atom. The zero-order valence-corrected chi connectivity index (χ0v) is 33.9. The van der Waals surface area contributed by atoms with E-state index in [0.717, 1.165) is 51.4 Å². The Balaban J connectivity index is 1.43. The fourth-order valence-corrected chi connectivity index (χ4v) is 12.2. The number of nitrogens with zero attached hydrogens (tertiary/aromatic N) is 1. The Bertz CT molecular complexity index is 1540. The molecule has 5 aliphatic rings. The summed E-state index contributed by atoms with van der Waals surface area (Å²) in [7, 11) is -3.64. The molecule has 0 aromatic carbocycles. The second-order valence-electron chi connectivity index (χ2n) is 18.6. The van der Waals surface area contributed by atoms with Gasteiger partial charge in [-0.2, -0.15) is 0 Å². The number of Topliss-reactive ketones (excluding diaryl/α,β-unsaturated/α-hetero) is 1. The number of likely N-dealkylation sites (tertiary alicyclic amines) is 1. The van der Waals surface area contributed by atoms with Crippen molar-refractivity contribution in [3.05, 3.63) is 0 Å². The van der Waals surface area contributed by atoms with E-state index < -0.39 is 72.0 Å². The second kappa shape index (κ2) is 14.2. The first-order chi connectivity index (χ1) is 24.1. The first-order valence-electron chi connectivity index (χ1n) is 19.9. The van der Waals surface area contributed by atoms with E-state index in [1.54, 1.807) is 39.5 Å². The van der Waals surface area contributed by atoms with Crippen molar-refractivity contribution >= 4 is 39.4 Å². The van der Waals surface area contributed by atoms with E-state index in [4.69, 9.17) is 0 Å². The lowest BCUT2D eigenvalue weighted by molar-refractivity contribution is -0.146. The van der Waals surface area contributed by atoms with E-state index in [1.165, 1.54) is 0 Å². The number of carbonyl (C=O) groups excluding carboxylic acids is 5. The van der Waals surface area contributed by atoms with Gasteiger partial charge in [-0.05, 0) is 95.3 Å². The number of nitrogens with one attached hydrogen (secondary N) is 4. The smallest absolute Gasteiger partial charge is 0.315 e. The molecular formula is C39H65N5O7S. The molecule has 5 rings (SSSR count). The van der Waals surface area contributed by atoms with Gasteiger partial charge in [-0.15, -0.1) is 0 Å². The van der Waals surface area contributed by atoms with Crippen molar-refractivity contribution in [2.45, 2.75) is 173 Å². The molecule has 5 fully saturated rings. The summed E-state index contributed by atoms with van der Waals surface area (Å²) in [5.41, 5.74) is -3.05. The predicted octanol–water partition coefficient (Wildman–Crippen LogP) is 4.40. The first kappa shape index (κ1) is 40.5. The molecule has 13 heteroatoms. The third-order valence-corrected chi connectivity index (χ3v) is 17.2. The minimum atomic E-state index is -3.64. The van der Waals surface area contributed by atoms with Crippen LogP contribution in [-0.2, 0) is 29.0 Å². The van der Waals surface area contributed by atoms with Gasteiger partial charge in [-0.25, -0.2) is 13.2 Å². The number of ketones is 1. The lowest BCUT2D eigenvalue weighted by Gasteiger charge is -2.46. The van der Waals surface area contributed by atoms with Gasteiger partial charge in [0.15, 0.2) is 9.84 Å². The van der Waals surface area contributed by atoms with Gasteiger partial charge in [0, 0.05) is 13.1 Å². The molecule has 4 aliphatic carbocycles. The highest BCUT2D eigenvalue weighted by molar-refractivity contribution is 7.93. The summed E-state index contributed by atoms with van der Waals surface area (Å²) in [6, 6.07) is -2.37. The van der Waals surface area contributed by atoms with Crippen molar-refractivity contribution < 1.29 is 32.4 Å². The molecule has 294 valence electrons. The highest BCUT2D eigenvalue weighted by Crippen LogP contribution is 2.65. The van der Waals surface area contributed by atoms with Gasteiger partial charge >= 0.3 is 6.03 Å². The molecular weight excluding hydrogens is 683 g/mol. The third kappa shape index (κ3) is 7.01. The van der Waals surface area contributed by atoms with Gasteiger partial charge in [-0.3, -0.25) is 19.2 Å². The molecule has 0 radical (unpaired) electrons. The summed E-state index contributed by atoms with van der Waals surface area (Å²) in [6.45, 7) is 17.3. The van der Waals surface area contributed by atoms with Crippen LogP contribution in [0.25, 0.3) is 0 Å². The number of fused-ring (bicyclic) bond motifs is 1. The van der Waals surface area contributed by atoms with Crippen LogP contribution in [0.4, 0.5) is 4.79 Å². The molecule has 4 saturated carbocycles. The van der Waals surface area contributed by atoms with Crippen molar-refractivity contribution in [3.8, 4) is 0 Å². The first-order valence-corrected chi connectivity index (χ1v) is 21.5. The van der Waals surface area contributed by atoms with Crippen LogP contribution in [0.1, 0.15) is 139 Å². The lowest BCUT2D eigenvalue weighted by Crippen LogP contribution is -2.66. The molecule has 0 bridgehead atoms. The van der Waals surface area contributed by atoms with Crippen LogP contribution in [0.5, 0.6) is 0 Å². The van der Waals surface area contributed by atoms with Crippen LogP contribution < -0.4 is 21.3 Å². The largest absolute Gasteiger partial charge is 0.350 e. The van der Waals surface area contributed by atoms with Crippen molar-refractivity contribution in [2.75, 3.05) is 13.1 Å². The van der Waals surface area contributed by atoms with E-state index in [-0.39, 0.29) is 29.1 Å².